The maximum Gasteiger partial charge on any atom is 0.251 e. The number of carbonyl (C=O) groups excluding carboxylic acids is 2. The van der Waals surface area contributed by atoms with E-state index in [0.29, 0.717) is 23.7 Å². The minimum atomic E-state index is -3.63. The molecule has 0 N–H and O–H groups in total. The Hall–Kier alpha value is -2.55. The molecule has 2 aromatic carbocycles. The number of carbonyl (C=O) groups is 2. The second kappa shape index (κ2) is 8.42. The third-order valence-electron chi connectivity index (χ3n) is 6.40. The molecule has 0 bridgehead atoms. The van der Waals surface area contributed by atoms with Crippen LogP contribution in [0.15, 0.2) is 41.3 Å². The Morgan fingerprint density at radius 2 is 1.44 bits per heavy atom. The van der Waals surface area contributed by atoms with Crippen molar-refractivity contribution in [3.8, 4) is 0 Å². The van der Waals surface area contributed by atoms with Crippen LogP contribution in [0.2, 0.25) is 0 Å². The van der Waals surface area contributed by atoms with Gasteiger partial charge in [-0.25, -0.2) is 13.3 Å². The first kappa shape index (κ1) is 22.6. The molecule has 1 atom stereocenters. The smallest absolute Gasteiger partial charge is 0.251 e. The van der Waals surface area contributed by atoms with Crippen LogP contribution in [0.25, 0.3) is 0 Å². The number of imide groups is 1. The van der Waals surface area contributed by atoms with Crippen molar-refractivity contribution in [1.82, 2.24) is 9.21 Å². The van der Waals surface area contributed by atoms with E-state index >= 15 is 0 Å². The summed E-state index contributed by atoms with van der Waals surface area (Å²) in [5.41, 5.74) is 4.02. The Bertz CT molecular complexity index is 1160. The Labute approximate surface area is 189 Å². The summed E-state index contributed by atoms with van der Waals surface area (Å²) in [5, 5.41) is 0. The van der Waals surface area contributed by atoms with Crippen molar-refractivity contribution in [3.05, 3.63) is 58.7 Å². The normalized spacial score (nSPS) is 20.9. The first-order chi connectivity index (χ1) is 15.1. The molecule has 2 fully saturated rings. The number of aryl methyl sites for hydroxylation is 4. The van der Waals surface area contributed by atoms with Crippen molar-refractivity contribution >= 4 is 27.5 Å². The Morgan fingerprint density at radius 3 is 2.03 bits per heavy atom. The number of nitrogens with zero attached hydrogens (tertiary/aromatic N) is 3. The maximum atomic E-state index is 13.3. The van der Waals surface area contributed by atoms with Gasteiger partial charge in [0, 0.05) is 26.2 Å². The van der Waals surface area contributed by atoms with Gasteiger partial charge in [0.25, 0.3) is 5.91 Å². The molecule has 2 aliphatic rings. The van der Waals surface area contributed by atoms with Crippen LogP contribution in [-0.2, 0) is 19.6 Å². The zero-order chi connectivity index (χ0) is 23.2. The van der Waals surface area contributed by atoms with Gasteiger partial charge in [-0.3, -0.25) is 14.5 Å². The van der Waals surface area contributed by atoms with E-state index in [2.05, 4.69) is 0 Å². The van der Waals surface area contributed by atoms with Crippen LogP contribution in [-0.4, -0.2) is 61.7 Å². The lowest BCUT2D eigenvalue weighted by Crippen LogP contribution is -2.53. The largest absolute Gasteiger partial charge is 0.289 e. The van der Waals surface area contributed by atoms with Crippen molar-refractivity contribution in [3.63, 3.8) is 0 Å². The van der Waals surface area contributed by atoms with Gasteiger partial charge < -0.3 is 0 Å². The lowest BCUT2D eigenvalue weighted by atomic mass is 10.1. The number of hydrogen-bond donors (Lipinski definition) is 0. The van der Waals surface area contributed by atoms with Crippen molar-refractivity contribution in [2.75, 3.05) is 31.1 Å². The van der Waals surface area contributed by atoms with Gasteiger partial charge in [-0.15, -0.1) is 0 Å². The Morgan fingerprint density at radius 1 is 0.844 bits per heavy atom. The number of anilines is 1. The average molecular weight is 456 g/mol. The molecule has 0 spiro atoms. The molecule has 0 aromatic heterocycles. The predicted molar refractivity (Wildman–Crippen MR) is 123 cm³/mol. The SMILES string of the molecule is Cc1cc(C)c(S(=O)(=O)N2CCN([C@H]3CC(=O)N(c4ccccc4C)C3=O)CC2)c(C)c1. The average Bonchev–Trinajstić information content (AvgIpc) is 3.01. The number of rotatable bonds is 4. The third kappa shape index (κ3) is 3.87. The molecular weight excluding hydrogens is 426 g/mol. The molecule has 2 aliphatic heterocycles. The number of hydrogen-bond acceptors (Lipinski definition) is 5. The van der Waals surface area contributed by atoms with Gasteiger partial charge in [-0.05, 0) is 50.5 Å². The molecule has 2 saturated heterocycles. The van der Waals surface area contributed by atoms with E-state index in [1.165, 1.54) is 9.21 Å². The summed E-state index contributed by atoms with van der Waals surface area (Å²) in [6.45, 7) is 8.88. The molecule has 2 amide bonds. The molecule has 0 unspecified atom stereocenters. The van der Waals surface area contributed by atoms with Crippen molar-refractivity contribution < 1.29 is 18.0 Å². The van der Waals surface area contributed by atoms with Crippen LogP contribution >= 0.6 is 0 Å². The van der Waals surface area contributed by atoms with E-state index in [4.69, 9.17) is 0 Å². The highest BCUT2D eigenvalue weighted by Crippen LogP contribution is 2.30. The van der Waals surface area contributed by atoms with Gasteiger partial charge >= 0.3 is 0 Å². The van der Waals surface area contributed by atoms with E-state index in [0.717, 1.165) is 22.3 Å². The maximum absolute atomic E-state index is 13.3. The molecule has 0 aliphatic carbocycles. The number of para-hydroxylation sites is 1. The molecule has 32 heavy (non-hydrogen) atoms. The molecule has 4 rings (SSSR count). The summed E-state index contributed by atoms with van der Waals surface area (Å²) < 4.78 is 28.2. The fourth-order valence-electron chi connectivity index (χ4n) is 4.93. The zero-order valence-electron chi connectivity index (χ0n) is 19.0. The number of benzene rings is 2. The van der Waals surface area contributed by atoms with Crippen LogP contribution in [0.4, 0.5) is 5.69 Å². The summed E-state index contributed by atoms with van der Waals surface area (Å²) in [6, 6.07) is 10.6. The summed E-state index contributed by atoms with van der Waals surface area (Å²) in [5.74, 6) is -0.443. The van der Waals surface area contributed by atoms with Gasteiger partial charge in [0.2, 0.25) is 15.9 Å². The van der Waals surface area contributed by atoms with E-state index in [1.54, 1.807) is 6.07 Å². The lowest BCUT2D eigenvalue weighted by Gasteiger charge is -2.36. The molecule has 7 nitrogen and oxygen atoms in total. The highest BCUT2D eigenvalue weighted by atomic mass is 32.2. The molecule has 2 heterocycles. The molecule has 8 heteroatoms. The van der Waals surface area contributed by atoms with Gasteiger partial charge in [0.05, 0.1) is 23.0 Å². The van der Waals surface area contributed by atoms with Gasteiger partial charge in [-0.2, -0.15) is 4.31 Å². The number of sulfonamides is 1. The van der Waals surface area contributed by atoms with E-state index in [9.17, 15) is 18.0 Å². The predicted octanol–water partition coefficient (Wildman–Crippen LogP) is 2.56. The monoisotopic (exact) mass is 455 g/mol. The fraction of sp³-hybridized carbons (Fsp3) is 0.417. The second-order valence-electron chi connectivity index (χ2n) is 8.74. The number of piperazine rings is 1. The fourth-order valence-corrected chi connectivity index (χ4v) is 6.76. The van der Waals surface area contributed by atoms with Crippen molar-refractivity contribution in [2.45, 2.75) is 45.1 Å². The molecular formula is C24H29N3O4S. The summed E-state index contributed by atoms with van der Waals surface area (Å²) >= 11 is 0. The summed E-state index contributed by atoms with van der Waals surface area (Å²) in [7, 11) is -3.63. The molecule has 0 saturated carbocycles. The quantitative estimate of drug-likeness (QED) is 0.662. The first-order valence-corrected chi connectivity index (χ1v) is 12.3. The highest BCUT2D eigenvalue weighted by Gasteiger charge is 2.44. The number of amides is 2. The third-order valence-corrected chi connectivity index (χ3v) is 8.60. The van der Waals surface area contributed by atoms with Crippen LogP contribution in [0, 0.1) is 27.7 Å². The van der Waals surface area contributed by atoms with Gasteiger partial charge in [0.15, 0.2) is 0 Å². The van der Waals surface area contributed by atoms with Gasteiger partial charge in [-0.1, -0.05) is 35.9 Å². The summed E-state index contributed by atoms with van der Waals surface area (Å²) in [6.07, 6.45) is 0.121. The zero-order valence-corrected chi connectivity index (χ0v) is 19.8. The van der Waals surface area contributed by atoms with Gasteiger partial charge in [0.1, 0.15) is 0 Å². The van der Waals surface area contributed by atoms with Crippen LogP contribution < -0.4 is 4.90 Å². The first-order valence-electron chi connectivity index (χ1n) is 10.9. The second-order valence-corrected chi connectivity index (χ2v) is 10.6. The molecule has 0 radical (unpaired) electrons. The Balaban J connectivity index is 1.49. The summed E-state index contributed by atoms with van der Waals surface area (Å²) in [4.78, 5) is 29.4. The van der Waals surface area contributed by atoms with Crippen LogP contribution in [0.1, 0.15) is 28.7 Å². The van der Waals surface area contributed by atoms with Crippen LogP contribution in [0.5, 0.6) is 0 Å². The standard InChI is InChI=1S/C24H29N3O4S/c1-16-13-18(3)23(19(4)14-16)32(30,31)26-11-9-25(10-12-26)21-15-22(28)27(24(21)29)20-8-6-5-7-17(20)2/h5-8,13-14,21H,9-12,15H2,1-4H3/t21-/m0/s1. The molecule has 170 valence electrons. The topological polar surface area (TPSA) is 78.0 Å². The van der Waals surface area contributed by atoms with Crippen molar-refractivity contribution in [1.29, 1.82) is 0 Å². The van der Waals surface area contributed by atoms with Crippen molar-refractivity contribution in [2.24, 2.45) is 0 Å². The highest BCUT2D eigenvalue weighted by molar-refractivity contribution is 7.89. The van der Waals surface area contributed by atoms with E-state index < -0.39 is 16.1 Å². The minimum Gasteiger partial charge on any atom is -0.289 e. The van der Waals surface area contributed by atoms with Crippen LogP contribution in [0.3, 0.4) is 0 Å². The molecule has 2 aromatic rings. The minimum absolute atomic E-state index is 0.121. The lowest BCUT2D eigenvalue weighted by molar-refractivity contribution is -0.123. The van der Waals surface area contributed by atoms with E-state index in [-0.39, 0.29) is 31.3 Å². The van der Waals surface area contributed by atoms with E-state index in [1.807, 2.05) is 62.9 Å². The Kier molecular flexibility index (Phi) is 5.96.